The number of hydrogen-bond donors (Lipinski definition) is 6. The Morgan fingerprint density at radius 2 is 2.00 bits per heavy atom. The molecule has 4 atom stereocenters. The summed E-state index contributed by atoms with van der Waals surface area (Å²) in [5.41, 5.74) is 7.54. The predicted octanol–water partition coefficient (Wildman–Crippen LogP) is 0.0326. The van der Waals surface area contributed by atoms with Crippen molar-refractivity contribution in [1.29, 1.82) is 0 Å². The molecule has 4 unspecified atom stereocenters. The number of fused-ring (bicyclic) bond motifs is 1. The van der Waals surface area contributed by atoms with E-state index in [2.05, 4.69) is 28.2 Å². The number of likely N-dealkylation sites (tertiary alicyclic amines) is 1. The van der Waals surface area contributed by atoms with Crippen LogP contribution in [0.15, 0.2) is 30.5 Å². The molecular weight excluding hydrogens is 446 g/mol. The molecule has 1 aliphatic heterocycles. The standard InChI is InChI=1S/C22H29N5O5S/c1-12(22(31)32)25-20(29)18-7-4-8-27(18)21(30)17(26-19(28)15(23)11-33)9-13-10-24-16-6-3-2-5-14(13)16/h2-3,5-6,10,12,15,17-18,24,33H,4,7-9,11,23H2,1H3,(H,25,29)(H,26,28)(H,31,32). The average Bonchev–Trinajstić information content (AvgIpc) is 3.45. The molecule has 10 nitrogen and oxygen atoms in total. The molecule has 1 aliphatic rings. The lowest BCUT2D eigenvalue weighted by Crippen LogP contribution is -2.57. The third-order valence-corrected chi connectivity index (χ3v) is 6.21. The van der Waals surface area contributed by atoms with Crippen molar-refractivity contribution < 1.29 is 24.3 Å². The number of carboxylic acid groups (broad SMARTS) is 1. The van der Waals surface area contributed by atoms with Crippen LogP contribution in [0, 0.1) is 0 Å². The highest BCUT2D eigenvalue weighted by molar-refractivity contribution is 7.80. The summed E-state index contributed by atoms with van der Waals surface area (Å²) in [6, 6.07) is 3.89. The van der Waals surface area contributed by atoms with Crippen molar-refractivity contribution in [3.05, 3.63) is 36.0 Å². The molecule has 1 aromatic heterocycles. The second-order valence-electron chi connectivity index (χ2n) is 8.17. The number of carbonyl (C=O) groups excluding carboxylic acids is 3. The van der Waals surface area contributed by atoms with Crippen LogP contribution in [0.4, 0.5) is 0 Å². The minimum atomic E-state index is -1.16. The number of nitrogens with zero attached hydrogens (tertiary/aromatic N) is 1. The number of para-hydroxylation sites is 1. The van der Waals surface area contributed by atoms with E-state index in [1.54, 1.807) is 6.20 Å². The summed E-state index contributed by atoms with van der Waals surface area (Å²) in [6.07, 6.45) is 2.99. The van der Waals surface area contributed by atoms with E-state index in [0.29, 0.717) is 19.4 Å². The van der Waals surface area contributed by atoms with E-state index >= 15 is 0 Å². The number of aromatic amines is 1. The molecule has 0 saturated carbocycles. The molecule has 1 fully saturated rings. The zero-order valence-electron chi connectivity index (χ0n) is 18.3. The van der Waals surface area contributed by atoms with Gasteiger partial charge in [0, 0.05) is 35.8 Å². The second-order valence-corrected chi connectivity index (χ2v) is 8.54. The Morgan fingerprint density at radius 1 is 1.27 bits per heavy atom. The molecule has 11 heteroatoms. The zero-order chi connectivity index (χ0) is 24.1. The maximum Gasteiger partial charge on any atom is 0.325 e. The number of rotatable bonds is 9. The molecule has 3 rings (SSSR count). The largest absolute Gasteiger partial charge is 0.480 e. The minimum Gasteiger partial charge on any atom is -0.480 e. The molecule has 3 amide bonds. The van der Waals surface area contributed by atoms with Crippen LogP contribution >= 0.6 is 12.6 Å². The van der Waals surface area contributed by atoms with Crippen molar-refractivity contribution in [2.24, 2.45) is 5.73 Å². The Balaban J connectivity index is 1.84. The molecule has 0 spiro atoms. The van der Waals surface area contributed by atoms with Crippen LogP contribution in [-0.2, 0) is 25.6 Å². The van der Waals surface area contributed by atoms with Crippen molar-refractivity contribution in [3.63, 3.8) is 0 Å². The van der Waals surface area contributed by atoms with E-state index in [1.807, 2.05) is 24.3 Å². The first-order valence-corrected chi connectivity index (χ1v) is 11.4. The highest BCUT2D eigenvalue weighted by Gasteiger charge is 2.38. The van der Waals surface area contributed by atoms with Gasteiger partial charge in [-0.3, -0.25) is 19.2 Å². The summed E-state index contributed by atoms with van der Waals surface area (Å²) >= 11 is 4.06. The Bertz CT molecular complexity index is 1040. The molecule has 1 aromatic carbocycles. The summed E-state index contributed by atoms with van der Waals surface area (Å²) in [4.78, 5) is 54.4. The fourth-order valence-corrected chi connectivity index (χ4v) is 4.12. The highest BCUT2D eigenvalue weighted by atomic mass is 32.1. The monoisotopic (exact) mass is 475 g/mol. The van der Waals surface area contributed by atoms with Gasteiger partial charge in [0.15, 0.2) is 0 Å². The van der Waals surface area contributed by atoms with Crippen LogP contribution in [0.1, 0.15) is 25.3 Å². The van der Waals surface area contributed by atoms with Gasteiger partial charge in [0.25, 0.3) is 0 Å². The lowest BCUT2D eigenvalue weighted by molar-refractivity contribution is -0.144. The van der Waals surface area contributed by atoms with Crippen LogP contribution in [-0.4, -0.2) is 75.1 Å². The van der Waals surface area contributed by atoms with Crippen LogP contribution in [0.3, 0.4) is 0 Å². The number of aliphatic carboxylic acids is 1. The lowest BCUT2D eigenvalue weighted by Gasteiger charge is -2.29. The van der Waals surface area contributed by atoms with Gasteiger partial charge in [0.2, 0.25) is 17.7 Å². The van der Waals surface area contributed by atoms with Gasteiger partial charge >= 0.3 is 5.97 Å². The number of carbonyl (C=O) groups is 4. The first kappa shape index (κ1) is 24.6. The van der Waals surface area contributed by atoms with E-state index in [0.717, 1.165) is 16.5 Å². The SMILES string of the molecule is CC(NC(=O)C1CCCN1C(=O)C(Cc1c[nH]c2ccccc12)NC(=O)C(N)CS)C(=O)O. The number of aromatic nitrogens is 1. The topological polar surface area (TPSA) is 158 Å². The number of amides is 3. The van der Waals surface area contributed by atoms with E-state index in [4.69, 9.17) is 10.8 Å². The van der Waals surface area contributed by atoms with Crippen molar-refractivity contribution >= 4 is 47.2 Å². The van der Waals surface area contributed by atoms with Crippen LogP contribution < -0.4 is 16.4 Å². The van der Waals surface area contributed by atoms with E-state index in [-0.39, 0.29) is 12.2 Å². The minimum absolute atomic E-state index is 0.113. The van der Waals surface area contributed by atoms with Crippen LogP contribution in [0.5, 0.6) is 0 Å². The molecule has 6 N–H and O–H groups in total. The van der Waals surface area contributed by atoms with Gasteiger partial charge in [-0.2, -0.15) is 12.6 Å². The van der Waals surface area contributed by atoms with Crippen molar-refractivity contribution in [2.45, 2.75) is 50.4 Å². The molecule has 178 valence electrons. The molecule has 33 heavy (non-hydrogen) atoms. The fourth-order valence-electron chi connectivity index (χ4n) is 3.96. The molecule has 0 aliphatic carbocycles. The molecule has 1 saturated heterocycles. The number of benzene rings is 1. The molecule has 2 heterocycles. The summed E-state index contributed by atoms with van der Waals surface area (Å²) in [6.45, 7) is 1.69. The lowest BCUT2D eigenvalue weighted by atomic mass is 10.0. The maximum atomic E-state index is 13.5. The fraction of sp³-hybridized carbons (Fsp3) is 0.455. The summed E-state index contributed by atoms with van der Waals surface area (Å²) in [5.74, 6) is -2.50. The number of hydrogen-bond acceptors (Lipinski definition) is 6. The van der Waals surface area contributed by atoms with E-state index in [1.165, 1.54) is 11.8 Å². The van der Waals surface area contributed by atoms with Gasteiger partial charge < -0.3 is 31.4 Å². The second kappa shape index (κ2) is 10.7. The smallest absolute Gasteiger partial charge is 0.325 e. The van der Waals surface area contributed by atoms with Gasteiger partial charge in [-0.25, -0.2) is 0 Å². The number of nitrogens with one attached hydrogen (secondary N) is 3. The summed E-state index contributed by atoms with van der Waals surface area (Å²) in [5, 5.41) is 15.2. The van der Waals surface area contributed by atoms with Gasteiger partial charge in [0.1, 0.15) is 18.1 Å². The van der Waals surface area contributed by atoms with Crippen molar-refractivity contribution in [1.82, 2.24) is 20.5 Å². The summed E-state index contributed by atoms with van der Waals surface area (Å²) < 4.78 is 0. The predicted molar refractivity (Wildman–Crippen MR) is 126 cm³/mol. The third kappa shape index (κ3) is 5.66. The Kier molecular flexibility index (Phi) is 7.98. The molecule has 0 bridgehead atoms. The Labute approximate surface area is 196 Å². The molecule has 2 aromatic rings. The Morgan fingerprint density at radius 3 is 2.70 bits per heavy atom. The number of carboxylic acids is 1. The van der Waals surface area contributed by atoms with Crippen LogP contribution in [0.2, 0.25) is 0 Å². The number of nitrogens with two attached hydrogens (primary N) is 1. The maximum absolute atomic E-state index is 13.5. The van der Waals surface area contributed by atoms with E-state index in [9.17, 15) is 19.2 Å². The normalized spacial score (nSPS) is 18.5. The summed E-state index contributed by atoms with van der Waals surface area (Å²) in [7, 11) is 0. The highest BCUT2D eigenvalue weighted by Crippen LogP contribution is 2.23. The number of thiol groups is 1. The zero-order valence-corrected chi connectivity index (χ0v) is 19.2. The first-order chi connectivity index (χ1) is 15.7. The van der Waals surface area contributed by atoms with Crippen molar-refractivity contribution in [3.8, 4) is 0 Å². The Hall–Kier alpha value is -3.05. The van der Waals surface area contributed by atoms with E-state index < -0.39 is 47.9 Å². The molecular formula is C22H29N5O5S. The van der Waals surface area contributed by atoms with Gasteiger partial charge in [-0.15, -0.1) is 0 Å². The number of H-pyrrole nitrogens is 1. The van der Waals surface area contributed by atoms with Gasteiger partial charge in [0.05, 0.1) is 6.04 Å². The van der Waals surface area contributed by atoms with Gasteiger partial charge in [-0.1, -0.05) is 18.2 Å². The molecule has 0 radical (unpaired) electrons. The van der Waals surface area contributed by atoms with Gasteiger partial charge in [-0.05, 0) is 31.4 Å². The average molecular weight is 476 g/mol. The van der Waals surface area contributed by atoms with Crippen molar-refractivity contribution in [2.75, 3.05) is 12.3 Å². The van der Waals surface area contributed by atoms with Crippen LogP contribution in [0.25, 0.3) is 10.9 Å². The first-order valence-electron chi connectivity index (χ1n) is 10.8. The third-order valence-electron chi connectivity index (χ3n) is 5.81. The quantitative estimate of drug-likeness (QED) is 0.281.